The van der Waals surface area contributed by atoms with Crippen LogP contribution in [0.5, 0.6) is 0 Å². The van der Waals surface area contributed by atoms with Crippen molar-refractivity contribution in [3.63, 3.8) is 0 Å². The molecule has 2 fully saturated rings. The zero-order valence-corrected chi connectivity index (χ0v) is 15.8. The summed E-state index contributed by atoms with van der Waals surface area (Å²) in [4.78, 5) is 28.7. The van der Waals surface area contributed by atoms with Gasteiger partial charge in [-0.05, 0) is 42.9 Å². The molecule has 2 amide bonds. The number of ether oxygens (including phenoxy) is 1. The van der Waals surface area contributed by atoms with Crippen LogP contribution >= 0.6 is 11.6 Å². The molecular formula is C20H25ClN2O3. The van der Waals surface area contributed by atoms with Crippen LogP contribution in [0.4, 0.5) is 0 Å². The number of rotatable bonds is 4. The van der Waals surface area contributed by atoms with Crippen molar-refractivity contribution in [2.75, 3.05) is 33.4 Å². The van der Waals surface area contributed by atoms with E-state index in [-0.39, 0.29) is 24.5 Å². The van der Waals surface area contributed by atoms with Gasteiger partial charge >= 0.3 is 0 Å². The molecular weight excluding hydrogens is 352 g/mol. The Morgan fingerprint density at radius 1 is 1.27 bits per heavy atom. The topological polar surface area (TPSA) is 49.9 Å². The number of likely N-dealkylation sites (tertiary alicyclic amines) is 2. The molecule has 0 spiro atoms. The average Bonchev–Trinajstić information content (AvgIpc) is 2.66. The molecule has 26 heavy (non-hydrogen) atoms. The number of fused-ring (bicyclic) bond motifs is 1. The van der Waals surface area contributed by atoms with Crippen LogP contribution in [0.1, 0.15) is 24.8 Å². The fourth-order valence-corrected chi connectivity index (χ4v) is 4.18. The Morgan fingerprint density at radius 2 is 2.08 bits per heavy atom. The van der Waals surface area contributed by atoms with Gasteiger partial charge in [-0.2, -0.15) is 0 Å². The van der Waals surface area contributed by atoms with Crippen molar-refractivity contribution in [2.24, 2.45) is 5.92 Å². The van der Waals surface area contributed by atoms with Crippen LogP contribution < -0.4 is 0 Å². The van der Waals surface area contributed by atoms with Gasteiger partial charge in [0.15, 0.2) is 0 Å². The fourth-order valence-electron chi connectivity index (χ4n) is 3.99. The summed E-state index contributed by atoms with van der Waals surface area (Å²) in [5, 5.41) is 0.637. The molecule has 2 heterocycles. The lowest BCUT2D eigenvalue weighted by Crippen LogP contribution is -2.56. The number of carbonyl (C=O) groups excluding carboxylic acids is 2. The molecule has 2 saturated heterocycles. The predicted molar refractivity (Wildman–Crippen MR) is 102 cm³/mol. The maximum absolute atomic E-state index is 12.8. The minimum atomic E-state index is 0.0243. The molecule has 1 aromatic rings. The summed E-state index contributed by atoms with van der Waals surface area (Å²) < 4.78 is 4.96. The van der Waals surface area contributed by atoms with Crippen molar-refractivity contribution in [2.45, 2.75) is 25.3 Å². The molecule has 5 nitrogen and oxygen atoms in total. The zero-order chi connectivity index (χ0) is 18.5. The van der Waals surface area contributed by atoms with Crippen LogP contribution in [-0.4, -0.2) is 61.0 Å². The molecule has 0 aromatic heterocycles. The Kier molecular flexibility index (Phi) is 6.33. The van der Waals surface area contributed by atoms with Gasteiger partial charge in [-0.3, -0.25) is 9.59 Å². The highest BCUT2D eigenvalue weighted by Gasteiger charge is 2.38. The average molecular weight is 377 g/mol. The molecule has 6 heteroatoms. The van der Waals surface area contributed by atoms with Crippen LogP contribution in [0.3, 0.4) is 0 Å². The van der Waals surface area contributed by atoms with E-state index in [4.69, 9.17) is 16.3 Å². The second kappa shape index (κ2) is 8.69. The summed E-state index contributed by atoms with van der Waals surface area (Å²) in [5.74, 6) is 0.403. The Morgan fingerprint density at radius 3 is 2.85 bits per heavy atom. The van der Waals surface area contributed by atoms with Crippen LogP contribution in [-0.2, 0) is 14.3 Å². The molecule has 0 N–H and O–H groups in total. The number of hydrogen-bond donors (Lipinski definition) is 0. The number of methoxy groups -OCH3 is 1. The van der Waals surface area contributed by atoms with Crippen molar-refractivity contribution < 1.29 is 14.3 Å². The molecule has 0 saturated carbocycles. The maximum Gasteiger partial charge on any atom is 0.248 e. The molecule has 2 atom stereocenters. The Balaban J connectivity index is 1.65. The minimum absolute atomic E-state index is 0.0243. The monoisotopic (exact) mass is 376 g/mol. The molecule has 140 valence electrons. The summed E-state index contributed by atoms with van der Waals surface area (Å²) in [6.07, 6.45) is 6.25. The first kappa shape index (κ1) is 18.9. The summed E-state index contributed by atoms with van der Waals surface area (Å²) in [6, 6.07) is 7.69. The van der Waals surface area contributed by atoms with Crippen molar-refractivity contribution in [3.05, 3.63) is 40.9 Å². The summed E-state index contributed by atoms with van der Waals surface area (Å²) in [5.41, 5.74) is 0.844. The van der Waals surface area contributed by atoms with Crippen LogP contribution in [0, 0.1) is 5.92 Å². The summed E-state index contributed by atoms with van der Waals surface area (Å²) in [6.45, 7) is 2.30. The van der Waals surface area contributed by atoms with E-state index in [0.717, 1.165) is 31.4 Å². The number of halogens is 1. The van der Waals surface area contributed by atoms with Gasteiger partial charge in [0.1, 0.15) is 6.61 Å². The lowest BCUT2D eigenvalue weighted by Gasteiger charge is -2.47. The molecule has 3 rings (SSSR count). The van der Waals surface area contributed by atoms with Gasteiger partial charge in [0.25, 0.3) is 0 Å². The lowest BCUT2D eigenvalue weighted by atomic mass is 9.83. The minimum Gasteiger partial charge on any atom is -0.375 e. The van der Waals surface area contributed by atoms with E-state index in [1.807, 2.05) is 34.1 Å². The van der Waals surface area contributed by atoms with Crippen molar-refractivity contribution in [1.82, 2.24) is 9.80 Å². The molecule has 2 aliphatic heterocycles. The van der Waals surface area contributed by atoms with Gasteiger partial charge in [-0.25, -0.2) is 0 Å². The number of nitrogens with zero attached hydrogens (tertiary/aromatic N) is 2. The largest absolute Gasteiger partial charge is 0.375 e. The third-order valence-electron chi connectivity index (χ3n) is 5.28. The van der Waals surface area contributed by atoms with E-state index in [1.54, 1.807) is 12.2 Å². The highest BCUT2D eigenvalue weighted by Crippen LogP contribution is 2.31. The highest BCUT2D eigenvalue weighted by atomic mass is 35.5. The molecule has 0 aliphatic carbocycles. The van der Waals surface area contributed by atoms with Gasteiger partial charge in [-0.15, -0.1) is 0 Å². The first-order valence-electron chi connectivity index (χ1n) is 9.10. The summed E-state index contributed by atoms with van der Waals surface area (Å²) in [7, 11) is 1.54. The second-order valence-corrected chi connectivity index (χ2v) is 7.32. The maximum atomic E-state index is 12.8. The van der Waals surface area contributed by atoms with E-state index >= 15 is 0 Å². The predicted octanol–water partition coefficient (Wildman–Crippen LogP) is 2.84. The van der Waals surface area contributed by atoms with Crippen LogP contribution in [0.2, 0.25) is 5.02 Å². The van der Waals surface area contributed by atoms with Gasteiger partial charge in [0.2, 0.25) is 11.8 Å². The van der Waals surface area contributed by atoms with Crippen LogP contribution in [0.15, 0.2) is 30.3 Å². The Hall–Kier alpha value is -1.85. The fraction of sp³-hybridized carbons (Fsp3) is 0.500. The van der Waals surface area contributed by atoms with E-state index < -0.39 is 0 Å². The number of hydrogen-bond acceptors (Lipinski definition) is 3. The van der Waals surface area contributed by atoms with Gasteiger partial charge in [0, 0.05) is 43.9 Å². The standard InChI is InChI=1S/C20H25ClN2O3/c1-26-14-20(25)22-12-10-18-16(13-22)6-4-11-23(18)19(24)9-8-15-5-2-3-7-17(15)21/h2-3,5,7-9,16,18H,4,6,10-14H2,1H3/t16-,18+/m1/s1. The van der Waals surface area contributed by atoms with Gasteiger partial charge in [0.05, 0.1) is 0 Å². The number of piperidine rings is 2. The van der Waals surface area contributed by atoms with E-state index in [1.165, 1.54) is 7.11 Å². The molecule has 2 aliphatic rings. The number of benzene rings is 1. The Labute approximate surface area is 159 Å². The SMILES string of the molecule is COCC(=O)N1CC[C@H]2[C@H](CCCN2C(=O)C=Cc2ccccc2Cl)C1. The van der Waals surface area contributed by atoms with Crippen molar-refractivity contribution in [3.8, 4) is 0 Å². The van der Waals surface area contributed by atoms with Gasteiger partial charge in [-0.1, -0.05) is 29.8 Å². The third-order valence-corrected chi connectivity index (χ3v) is 5.63. The zero-order valence-electron chi connectivity index (χ0n) is 15.1. The molecule has 0 bridgehead atoms. The number of amides is 2. The first-order chi connectivity index (χ1) is 12.6. The number of carbonyl (C=O) groups is 2. The normalized spacial score (nSPS) is 23.2. The van der Waals surface area contributed by atoms with E-state index in [0.29, 0.717) is 24.0 Å². The van der Waals surface area contributed by atoms with Gasteiger partial charge < -0.3 is 14.5 Å². The smallest absolute Gasteiger partial charge is 0.248 e. The second-order valence-electron chi connectivity index (χ2n) is 6.92. The van der Waals surface area contributed by atoms with Crippen LogP contribution in [0.25, 0.3) is 6.08 Å². The lowest BCUT2D eigenvalue weighted by molar-refractivity contribution is -0.141. The molecule has 0 unspecified atom stereocenters. The van der Waals surface area contributed by atoms with E-state index in [2.05, 4.69) is 0 Å². The van der Waals surface area contributed by atoms with Crippen molar-refractivity contribution in [1.29, 1.82) is 0 Å². The van der Waals surface area contributed by atoms with E-state index in [9.17, 15) is 9.59 Å². The quantitative estimate of drug-likeness (QED) is 0.759. The third kappa shape index (κ3) is 4.27. The first-order valence-corrected chi connectivity index (χ1v) is 9.48. The van der Waals surface area contributed by atoms with Crippen molar-refractivity contribution >= 4 is 29.5 Å². The summed E-state index contributed by atoms with van der Waals surface area (Å²) >= 11 is 6.15. The Bertz CT molecular complexity index is 691. The molecule has 0 radical (unpaired) electrons. The molecule has 1 aromatic carbocycles. The highest BCUT2D eigenvalue weighted by molar-refractivity contribution is 6.32.